The topological polar surface area (TPSA) is 78.9 Å². The molecule has 2 atom stereocenters. The molecule has 0 saturated carbocycles. The molecule has 6 heteroatoms. The van der Waals surface area contributed by atoms with E-state index < -0.39 is 6.10 Å². The number of ether oxygens (including phenoxy) is 3. The molecule has 0 spiro atoms. The molecule has 0 saturated heterocycles. The highest BCUT2D eigenvalue weighted by atomic mass is 16.6. The summed E-state index contributed by atoms with van der Waals surface area (Å²) >= 11 is 0. The molecule has 6 nitrogen and oxygen atoms in total. The predicted octanol–water partition coefficient (Wildman–Crippen LogP) is 16.9. The van der Waals surface area contributed by atoms with Crippen LogP contribution in [0.3, 0.4) is 0 Å². The summed E-state index contributed by atoms with van der Waals surface area (Å²) in [5, 5.41) is 0. The Morgan fingerprint density at radius 3 is 0.966 bits per heavy atom. The molecule has 0 bridgehead atoms. The summed E-state index contributed by atoms with van der Waals surface area (Å²) in [5.41, 5.74) is 0. The van der Waals surface area contributed by atoms with Crippen molar-refractivity contribution in [1.29, 1.82) is 0 Å². The Balaban J connectivity index is 4.19. The van der Waals surface area contributed by atoms with Gasteiger partial charge in [-0.15, -0.1) is 0 Å². The fourth-order valence-electron chi connectivity index (χ4n) is 7.96. The molecule has 0 aromatic carbocycles. The van der Waals surface area contributed by atoms with Crippen LogP contribution in [0.4, 0.5) is 0 Å². The first-order valence-electron chi connectivity index (χ1n) is 26.3. The van der Waals surface area contributed by atoms with Gasteiger partial charge in [0.05, 0.1) is 0 Å². The number of carbonyl (C=O) groups excluding carboxylic acids is 3. The molecule has 59 heavy (non-hydrogen) atoms. The molecule has 0 aliphatic rings. The third-order valence-electron chi connectivity index (χ3n) is 12.3. The van der Waals surface area contributed by atoms with Crippen molar-refractivity contribution >= 4 is 17.9 Å². The van der Waals surface area contributed by atoms with E-state index in [2.05, 4.69) is 34.6 Å². The second-order valence-electron chi connectivity index (χ2n) is 18.9. The number of esters is 3. The Hall–Kier alpha value is -1.59. The van der Waals surface area contributed by atoms with E-state index in [1.54, 1.807) is 0 Å². The standard InChI is InChI=1S/C53H102O6/c1-6-8-9-10-26-33-38-43-51(54)57-46-50(59-53(56)45-40-35-30-25-21-17-13-14-18-22-27-31-36-41-48(3)4)47-58-52(55)44-39-34-29-24-20-16-12-11-15-19-23-28-32-37-42-49(5)7-2/h48-50H,6-47H2,1-5H3/t49?,50-/m1/s1. The lowest BCUT2D eigenvalue weighted by Gasteiger charge is -2.18. The summed E-state index contributed by atoms with van der Waals surface area (Å²) in [6.07, 6.45) is 46.7. The lowest BCUT2D eigenvalue weighted by Crippen LogP contribution is -2.30. The third-order valence-corrected chi connectivity index (χ3v) is 12.3. The van der Waals surface area contributed by atoms with Gasteiger partial charge in [0.1, 0.15) is 13.2 Å². The van der Waals surface area contributed by atoms with Crippen molar-refractivity contribution in [2.75, 3.05) is 13.2 Å². The van der Waals surface area contributed by atoms with Crippen LogP contribution >= 0.6 is 0 Å². The van der Waals surface area contributed by atoms with Crippen LogP contribution in [0.15, 0.2) is 0 Å². The molecular weight excluding hydrogens is 733 g/mol. The van der Waals surface area contributed by atoms with E-state index in [1.807, 2.05) is 0 Å². The van der Waals surface area contributed by atoms with Crippen LogP contribution in [0.2, 0.25) is 0 Å². The fraction of sp³-hybridized carbons (Fsp3) is 0.943. The molecule has 0 aromatic heterocycles. The highest BCUT2D eigenvalue weighted by Gasteiger charge is 2.19. The van der Waals surface area contributed by atoms with Crippen molar-refractivity contribution in [2.24, 2.45) is 11.8 Å². The smallest absolute Gasteiger partial charge is 0.306 e. The second-order valence-corrected chi connectivity index (χ2v) is 18.9. The van der Waals surface area contributed by atoms with Gasteiger partial charge in [0.25, 0.3) is 0 Å². The van der Waals surface area contributed by atoms with Crippen molar-refractivity contribution in [3.63, 3.8) is 0 Å². The van der Waals surface area contributed by atoms with Crippen LogP contribution in [0.1, 0.15) is 291 Å². The van der Waals surface area contributed by atoms with Gasteiger partial charge in [-0.05, 0) is 31.1 Å². The van der Waals surface area contributed by atoms with Crippen molar-refractivity contribution in [3.05, 3.63) is 0 Å². The quantitative estimate of drug-likeness (QED) is 0.0345. The van der Waals surface area contributed by atoms with Crippen LogP contribution in [-0.4, -0.2) is 37.2 Å². The first kappa shape index (κ1) is 57.4. The minimum absolute atomic E-state index is 0.0638. The minimum atomic E-state index is -0.760. The fourth-order valence-corrected chi connectivity index (χ4v) is 7.96. The zero-order chi connectivity index (χ0) is 43.3. The Kier molecular flexibility index (Phi) is 44.7. The minimum Gasteiger partial charge on any atom is -0.462 e. The van der Waals surface area contributed by atoms with E-state index in [0.29, 0.717) is 19.3 Å². The summed E-state index contributed by atoms with van der Waals surface area (Å²) in [5.74, 6) is 0.881. The van der Waals surface area contributed by atoms with Crippen molar-refractivity contribution < 1.29 is 28.6 Å². The van der Waals surface area contributed by atoms with Gasteiger partial charge in [-0.3, -0.25) is 14.4 Å². The van der Waals surface area contributed by atoms with Gasteiger partial charge in [0, 0.05) is 19.3 Å². The molecule has 0 aromatic rings. The second kappa shape index (κ2) is 45.9. The zero-order valence-corrected chi connectivity index (χ0v) is 40.4. The molecule has 0 fully saturated rings. The largest absolute Gasteiger partial charge is 0.462 e. The van der Waals surface area contributed by atoms with Crippen molar-refractivity contribution in [3.8, 4) is 0 Å². The monoisotopic (exact) mass is 835 g/mol. The average molecular weight is 835 g/mol. The Labute approximate surface area is 368 Å². The molecule has 0 N–H and O–H groups in total. The number of unbranched alkanes of at least 4 members (excludes halogenated alkanes) is 31. The molecule has 350 valence electrons. The molecule has 0 aliphatic carbocycles. The van der Waals surface area contributed by atoms with Gasteiger partial charge >= 0.3 is 17.9 Å². The first-order chi connectivity index (χ1) is 28.8. The third kappa shape index (κ3) is 45.8. The summed E-state index contributed by atoms with van der Waals surface area (Å²) in [6, 6.07) is 0. The Bertz CT molecular complexity index is 902. The van der Waals surface area contributed by atoms with Crippen LogP contribution in [-0.2, 0) is 28.6 Å². The van der Waals surface area contributed by atoms with Gasteiger partial charge in [0.15, 0.2) is 6.10 Å². The molecule has 1 unspecified atom stereocenters. The normalized spacial score (nSPS) is 12.5. The zero-order valence-electron chi connectivity index (χ0n) is 40.4. The lowest BCUT2D eigenvalue weighted by molar-refractivity contribution is -0.167. The molecule has 0 aliphatic heterocycles. The highest BCUT2D eigenvalue weighted by molar-refractivity contribution is 5.71. The number of rotatable bonds is 47. The van der Waals surface area contributed by atoms with Crippen LogP contribution in [0.25, 0.3) is 0 Å². The highest BCUT2D eigenvalue weighted by Crippen LogP contribution is 2.18. The SMILES string of the molecule is CCCCCCCCCC(=O)OC[C@H](COC(=O)CCCCCCCCCCCCCCCCC(C)CC)OC(=O)CCCCCCCCCCCCCCCC(C)C. The summed E-state index contributed by atoms with van der Waals surface area (Å²) in [7, 11) is 0. The van der Waals surface area contributed by atoms with E-state index in [9.17, 15) is 14.4 Å². The van der Waals surface area contributed by atoms with Crippen molar-refractivity contribution in [2.45, 2.75) is 298 Å². The summed E-state index contributed by atoms with van der Waals surface area (Å²) in [4.78, 5) is 37.8. The van der Waals surface area contributed by atoms with Gasteiger partial charge in [-0.1, -0.05) is 253 Å². The summed E-state index contributed by atoms with van der Waals surface area (Å²) in [6.45, 7) is 11.4. The number of hydrogen-bond donors (Lipinski definition) is 0. The first-order valence-corrected chi connectivity index (χ1v) is 26.3. The number of carbonyl (C=O) groups is 3. The van der Waals surface area contributed by atoms with Gasteiger partial charge < -0.3 is 14.2 Å². The maximum atomic E-state index is 12.8. The van der Waals surface area contributed by atoms with E-state index in [4.69, 9.17) is 14.2 Å². The van der Waals surface area contributed by atoms with Crippen LogP contribution in [0.5, 0.6) is 0 Å². The van der Waals surface area contributed by atoms with E-state index >= 15 is 0 Å². The Morgan fingerprint density at radius 1 is 0.356 bits per heavy atom. The predicted molar refractivity (Wildman–Crippen MR) is 252 cm³/mol. The maximum absolute atomic E-state index is 12.8. The maximum Gasteiger partial charge on any atom is 0.306 e. The van der Waals surface area contributed by atoms with E-state index in [0.717, 1.165) is 69.6 Å². The van der Waals surface area contributed by atoms with Crippen LogP contribution in [0, 0.1) is 11.8 Å². The van der Waals surface area contributed by atoms with Gasteiger partial charge in [-0.25, -0.2) is 0 Å². The number of hydrogen-bond acceptors (Lipinski definition) is 6. The van der Waals surface area contributed by atoms with E-state index in [1.165, 1.54) is 180 Å². The molecule has 0 radical (unpaired) electrons. The van der Waals surface area contributed by atoms with Crippen LogP contribution < -0.4 is 0 Å². The molecular formula is C53H102O6. The molecule has 0 rings (SSSR count). The Morgan fingerprint density at radius 2 is 0.644 bits per heavy atom. The molecule has 0 amide bonds. The van der Waals surface area contributed by atoms with E-state index in [-0.39, 0.29) is 31.1 Å². The average Bonchev–Trinajstić information content (AvgIpc) is 3.22. The summed E-state index contributed by atoms with van der Waals surface area (Å²) < 4.78 is 16.8. The lowest BCUT2D eigenvalue weighted by atomic mass is 9.99. The van der Waals surface area contributed by atoms with Gasteiger partial charge in [0.2, 0.25) is 0 Å². The molecule has 0 heterocycles. The van der Waals surface area contributed by atoms with Crippen molar-refractivity contribution in [1.82, 2.24) is 0 Å². The van der Waals surface area contributed by atoms with Gasteiger partial charge in [-0.2, -0.15) is 0 Å².